The van der Waals surface area contributed by atoms with E-state index in [-0.39, 0.29) is 56.1 Å². The lowest BCUT2D eigenvalue weighted by Crippen LogP contribution is -2.42. The molecule has 5 rings (SSSR count). The van der Waals surface area contributed by atoms with Crippen LogP contribution in [0.15, 0.2) is 48.5 Å². The highest BCUT2D eigenvalue weighted by atomic mass is 16.5. The van der Waals surface area contributed by atoms with Crippen molar-refractivity contribution in [1.29, 1.82) is 0 Å². The van der Waals surface area contributed by atoms with Gasteiger partial charge in [-0.3, -0.25) is 9.59 Å². The van der Waals surface area contributed by atoms with Gasteiger partial charge in [0.15, 0.2) is 0 Å². The zero-order valence-electron chi connectivity index (χ0n) is 19.4. The van der Waals surface area contributed by atoms with Gasteiger partial charge in [-0.2, -0.15) is 0 Å². The number of hydrogen-bond acceptors (Lipinski definition) is 5. The average Bonchev–Trinajstić information content (AvgIpc) is 3.51. The third-order valence-corrected chi connectivity index (χ3v) is 7.20. The van der Waals surface area contributed by atoms with Gasteiger partial charge in [-0.15, -0.1) is 0 Å². The molecule has 3 atom stereocenters. The Bertz CT molecular complexity index is 1070. The number of alkyl carbamates (subject to hydrolysis) is 1. The fourth-order valence-electron chi connectivity index (χ4n) is 5.15. The number of carboxylic acids is 1. The van der Waals surface area contributed by atoms with Gasteiger partial charge in [-0.25, -0.2) is 4.79 Å². The Morgan fingerprint density at radius 1 is 1.03 bits per heavy atom. The van der Waals surface area contributed by atoms with Crippen LogP contribution >= 0.6 is 0 Å². The summed E-state index contributed by atoms with van der Waals surface area (Å²) in [6.07, 6.45) is 1.67. The van der Waals surface area contributed by atoms with E-state index in [0.717, 1.165) is 24.0 Å². The summed E-state index contributed by atoms with van der Waals surface area (Å²) >= 11 is 0. The molecule has 8 heteroatoms. The van der Waals surface area contributed by atoms with Crippen molar-refractivity contribution in [3.8, 4) is 11.1 Å². The molecular formula is C27H30N2O6. The number of rotatable bonds is 9. The quantitative estimate of drug-likeness (QED) is 0.510. The number of amides is 2. The predicted molar refractivity (Wildman–Crippen MR) is 128 cm³/mol. The van der Waals surface area contributed by atoms with E-state index in [0.29, 0.717) is 6.42 Å². The maximum Gasteiger partial charge on any atom is 0.407 e. The Kier molecular flexibility index (Phi) is 6.72. The molecular weight excluding hydrogens is 448 g/mol. The van der Waals surface area contributed by atoms with Crippen LogP contribution in [0.4, 0.5) is 4.79 Å². The van der Waals surface area contributed by atoms with Crippen LogP contribution in [0.25, 0.3) is 11.1 Å². The van der Waals surface area contributed by atoms with E-state index in [9.17, 15) is 14.4 Å². The van der Waals surface area contributed by atoms with Crippen molar-refractivity contribution in [2.45, 2.75) is 43.7 Å². The van der Waals surface area contributed by atoms with Gasteiger partial charge in [0.1, 0.15) is 6.61 Å². The molecule has 2 amide bonds. The molecule has 1 saturated heterocycles. The third kappa shape index (κ3) is 5.32. The van der Waals surface area contributed by atoms with Crippen LogP contribution in [-0.4, -0.2) is 55.0 Å². The normalized spacial score (nSPS) is 21.6. The van der Waals surface area contributed by atoms with Crippen LogP contribution in [0.2, 0.25) is 0 Å². The molecule has 8 nitrogen and oxygen atoms in total. The molecule has 0 aromatic heterocycles. The van der Waals surface area contributed by atoms with Gasteiger partial charge in [0, 0.05) is 24.9 Å². The minimum absolute atomic E-state index is 0.0168. The lowest BCUT2D eigenvalue weighted by atomic mass is 9.98. The Balaban J connectivity index is 1.12. The highest BCUT2D eigenvalue weighted by Gasteiger charge is 2.36. The van der Waals surface area contributed by atoms with E-state index < -0.39 is 18.0 Å². The first-order chi connectivity index (χ1) is 17.0. The number of benzene rings is 2. The fraction of sp³-hybridized carbons (Fsp3) is 0.444. The zero-order valence-corrected chi connectivity index (χ0v) is 19.4. The SMILES string of the molecule is O=C(CC(NC(=O)OCC1c2ccccc2-c2ccccc21)C1CC1)NC[C@@H]1C[C@H](C(=O)O)CO1. The number of carboxylic acid groups (broad SMARTS) is 1. The van der Waals surface area contributed by atoms with Crippen LogP contribution < -0.4 is 10.6 Å². The van der Waals surface area contributed by atoms with E-state index in [1.54, 1.807) is 0 Å². The molecule has 0 bridgehead atoms. The molecule has 3 aliphatic rings. The standard InChI is InChI=1S/C27H30N2O6/c30-25(28-13-18-11-17(14-34-18)26(31)32)12-24(16-9-10-16)29-27(33)35-15-23-21-7-3-1-5-19(21)20-6-2-4-8-22(20)23/h1-8,16-18,23-24H,9-15H2,(H,28,30)(H,29,33)(H,31,32)/t17-,18-,24?/m0/s1. The first kappa shape index (κ1) is 23.4. The van der Waals surface area contributed by atoms with Gasteiger partial charge < -0.3 is 25.2 Å². The first-order valence-corrected chi connectivity index (χ1v) is 12.2. The largest absolute Gasteiger partial charge is 0.481 e. The predicted octanol–water partition coefficient (Wildman–Crippen LogP) is 3.30. The lowest BCUT2D eigenvalue weighted by molar-refractivity contribution is -0.141. The van der Waals surface area contributed by atoms with E-state index in [1.807, 2.05) is 24.3 Å². The van der Waals surface area contributed by atoms with E-state index in [1.165, 1.54) is 11.1 Å². The zero-order chi connectivity index (χ0) is 24.4. The minimum Gasteiger partial charge on any atom is -0.481 e. The minimum atomic E-state index is -0.875. The Morgan fingerprint density at radius 3 is 2.29 bits per heavy atom. The number of carbonyl (C=O) groups excluding carboxylic acids is 2. The molecule has 3 N–H and O–H groups in total. The molecule has 2 aromatic carbocycles. The number of ether oxygens (including phenoxy) is 2. The molecule has 2 aromatic rings. The summed E-state index contributed by atoms with van der Waals surface area (Å²) in [5.41, 5.74) is 4.65. The molecule has 35 heavy (non-hydrogen) atoms. The van der Waals surface area contributed by atoms with Crippen molar-refractivity contribution in [2.24, 2.45) is 11.8 Å². The Hall–Kier alpha value is -3.39. The van der Waals surface area contributed by atoms with Crippen molar-refractivity contribution in [3.63, 3.8) is 0 Å². The number of fused-ring (bicyclic) bond motifs is 3. The van der Waals surface area contributed by atoms with E-state index >= 15 is 0 Å². The van der Waals surface area contributed by atoms with Gasteiger partial charge in [0.2, 0.25) is 5.91 Å². The smallest absolute Gasteiger partial charge is 0.407 e. The number of nitrogens with one attached hydrogen (secondary N) is 2. The number of hydrogen-bond donors (Lipinski definition) is 3. The van der Waals surface area contributed by atoms with Crippen molar-refractivity contribution in [2.75, 3.05) is 19.8 Å². The van der Waals surface area contributed by atoms with Gasteiger partial charge in [-0.05, 0) is 47.4 Å². The summed E-state index contributed by atoms with van der Waals surface area (Å²) < 4.78 is 11.1. The van der Waals surface area contributed by atoms with Crippen molar-refractivity contribution in [3.05, 3.63) is 59.7 Å². The Morgan fingerprint density at radius 2 is 1.69 bits per heavy atom. The molecule has 0 spiro atoms. The van der Waals surface area contributed by atoms with Gasteiger partial charge in [-0.1, -0.05) is 48.5 Å². The fourth-order valence-corrected chi connectivity index (χ4v) is 5.15. The van der Waals surface area contributed by atoms with E-state index in [4.69, 9.17) is 14.6 Å². The number of carbonyl (C=O) groups is 3. The third-order valence-electron chi connectivity index (χ3n) is 7.20. The van der Waals surface area contributed by atoms with Gasteiger partial charge >= 0.3 is 12.1 Å². The molecule has 2 aliphatic carbocycles. The number of aliphatic carboxylic acids is 1. The average molecular weight is 479 g/mol. The van der Waals surface area contributed by atoms with Gasteiger partial charge in [0.25, 0.3) is 0 Å². The van der Waals surface area contributed by atoms with Crippen molar-refractivity contribution in [1.82, 2.24) is 10.6 Å². The first-order valence-electron chi connectivity index (χ1n) is 12.2. The summed E-state index contributed by atoms with van der Waals surface area (Å²) in [4.78, 5) is 36.2. The van der Waals surface area contributed by atoms with Crippen molar-refractivity contribution >= 4 is 18.0 Å². The highest BCUT2D eigenvalue weighted by molar-refractivity contribution is 5.79. The molecule has 0 radical (unpaired) electrons. The second-order valence-corrected chi connectivity index (χ2v) is 9.65. The van der Waals surface area contributed by atoms with Crippen molar-refractivity contribution < 1.29 is 29.0 Å². The van der Waals surface area contributed by atoms with Crippen LogP contribution in [0, 0.1) is 11.8 Å². The highest BCUT2D eigenvalue weighted by Crippen LogP contribution is 2.44. The molecule has 184 valence electrons. The maximum atomic E-state index is 12.7. The topological polar surface area (TPSA) is 114 Å². The van der Waals surface area contributed by atoms with Crippen LogP contribution in [0.5, 0.6) is 0 Å². The summed E-state index contributed by atoms with van der Waals surface area (Å²) in [6.45, 7) is 0.669. The summed E-state index contributed by atoms with van der Waals surface area (Å²) in [6, 6.07) is 16.1. The Labute approximate surface area is 204 Å². The summed E-state index contributed by atoms with van der Waals surface area (Å²) in [7, 11) is 0. The van der Waals surface area contributed by atoms with Crippen LogP contribution in [-0.2, 0) is 19.1 Å². The van der Waals surface area contributed by atoms with E-state index in [2.05, 4.69) is 34.9 Å². The molecule has 1 unspecified atom stereocenters. The summed E-state index contributed by atoms with van der Waals surface area (Å²) in [5.74, 6) is -1.34. The van der Waals surface area contributed by atoms with Crippen LogP contribution in [0.1, 0.15) is 42.7 Å². The second-order valence-electron chi connectivity index (χ2n) is 9.65. The molecule has 1 heterocycles. The molecule has 1 aliphatic heterocycles. The summed E-state index contributed by atoms with van der Waals surface area (Å²) in [5, 5.41) is 14.8. The second kappa shape index (κ2) is 10.1. The van der Waals surface area contributed by atoms with Crippen LogP contribution in [0.3, 0.4) is 0 Å². The maximum absolute atomic E-state index is 12.7. The molecule has 2 fully saturated rings. The lowest BCUT2D eigenvalue weighted by Gasteiger charge is -2.20. The monoisotopic (exact) mass is 478 g/mol. The molecule has 1 saturated carbocycles. The van der Waals surface area contributed by atoms with Gasteiger partial charge in [0.05, 0.1) is 18.6 Å².